The molecule has 1 aliphatic heterocycles. The second kappa shape index (κ2) is 13.9. The maximum atomic E-state index is 15.6. The Hall–Kier alpha value is -5.51. The summed E-state index contributed by atoms with van der Waals surface area (Å²) in [6.07, 6.45) is -5.03. The van der Waals surface area contributed by atoms with Gasteiger partial charge in [-0.05, 0) is 62.6 Å². The van der Waals surface area contributed by atoms with Crippen molar-refractivity contribution < 1.29 is 41.1 Å². The molecule has 0 bridgehead atoms. The number of methoxy groups -OCH3 is 1. The molecule has 16 heteroatoms. The first kappa shape index (κ1) is 34.4. The van der Waals surface area contributed by atoms with Gasteiger partial charge >= 0.3 is 18.2 Å². The molecule has 0 unspecified atom stereocenters. The molecular formula is C31H30F5N7O4. The highest BCUT2D eigenvalue weighted by Gasteiger charge is 2.45. The Morgan fingerprint density at radius 3 is 2.15 bits per heavy atom. The quantitative estimate of drug-likeness (QED) is 0.174. The summed E-state index contributed by atoms with van der Waals surface area (Å²) >= 11 is 0. The van der Waals surface area contributed by atoms with Crippen molar-refractivity contribution in [3.63, 3.8) is 0 Å². The van der Waals surface area contributed by atoms with Crippen LogP contribution in [0.5, 0.6) is 5.75 Å². The van der Waals surface area contributed by atoms with E-state index in [1.807, 2.05) is 0 Å². The van der Waals surface area contributed by atoms with E-state index in [-0.39, 0.29) is 18.0 Å². The van der Waals surface area contributed by atoms with Crippen LogP contribution in [0.2, 0.25) is 0 Å². The van der Waals surface area contributed by atoms with Crippen molar-refractivity contribution in [1.82, 2.24) is 15.1 Å². The lowest BCUT2D eigenvalue weighted by Crippen LogP contribution is -2.57. The number of likely N-dealkylation sites (N-methyl/N-ethyl adjacent to an activating group) is 1. The van der Waals surface area contributed by atoms with Crippen LogP contribution >= 0.6 is 0 Å². The van der Waals surface area contributed by atoms with E-state index < -0.39 is 70.5 Å². The molecule has 0 radical (unpaired) electrons. The van der Waals surface area contributed by atoms with Gasteiger partial charge in [0.25, 0.3) is 5.91 Å². The molecule has 1 saturated heterocycles. The first-order chi connectivity index (χ1) is 22.2. The lowest BCUT2D eigenvalue weighted by Gasteiger charge is -2.37. The van der Waals surface area contributed by atoms with Gasteiger partial charge in [0.1, 0.15) is 17.2 Å². The van der Waals surface area contributed by atoms with Crippen LogP contribution in [0.15, 0.2) is 71.9 Å². The number of hydrogen-bond donors (Lipinski definition) is 4. The molecule has 1 fully saturated rings. The van der Waals surface area contributed by atoms with Crippen LogP contribution in [-0.2, 0) is 17.5 Å². The van der Waals surface area contributed by atoms with Gasteiger partial charge in [0.2, 0.25) is 0 Å². The van der Waals surface area contributed by atoms with Gasteiger partial charge in [0.05, 0.1) is 24.9 Å². The van der Waals surface area contributed by atoms with Crippen molar-refractivity contribution in [3.05, 3.63) is 94.7 Å². The number of carbonyl (C=O) groups excluding carboxylic acids is 3. The standard InChI is InChI=1S/C31H30F5N7O4/c1-38-29(45)40-18-13-11-17(12-14-18)39-22(16-41(2)3)25-27(37)42(15-19-20(31(34,35)36)7-5-8-21(19)32)30(46)43(28(25)44)23-9-6-10-24(47-4)26(23)33/h5-14,37,39H,15-16H2,1-4H3,(H2,38,40,45)/b25-22+,37-27?. The fourth-order valence-corrected chi connectivity index (χ4v) is 4.76. The molecule has 1 heterocycles. The molecule has 0 spiro atoms. The Balaban J connectivity index is 1.91. The summed E-state index contributed by atoms with van der Waals surface area (Å²) in [5, 5.41) is 16.9. The fraction of sp³-hybridized carbons (Fsp3) is 0.226. The lowest BCUT2D eigenvalue weighted by molar-refractivity contribution is -0.138. The number of nitrogens with one attached hydrogen (secondary N) is 4. The number of imide groups is 1. The number of hydrogen-bond acceptors (Lipinski definition) is 7. The number of benzene rings is 3. The van der Waals surface area contributed by atoms with Crippen LogP contribution in [0.4, 0.5) is 48.6 Å². The third kappa shape index (κ3) is 7.33. The van der Waals surface area contributed by atoms with Crippen LogP contribution < -0.4 is 25.6 Å². The topological polar surface area (TPSA) is 130 Å². The molecule has 4 rings (SSSR count). The number of amides is 5. The van der Waals surface area contributed by atoms with Crippen molar-refractivity contribution in [1.29, 1.82) is 5.41 Å². The Kier molecular flexibility index (Phi) is 10.1. The number of nitrogens with zero attached hydrogens (tertiary/aromatic N) is 3. The minimum atomic E-state index is -5.03. The lowest BCUT2D eigenvalue weighted by atomic mass is 10.0. The predicted octanol–water partition coefficient (Wildman–Crippen LogP) is 5.62. The first-order valence-electron chi connectivity index (χ1n) is 13.8. The molecule has 47 heavy (non-hydrogen) atoms. The van der Waals surface area contributed by atoms with E-state index in [0.29, 0.717) is 27.2 Å². The summed E-state index contributed by atoms with van der Waals surface area (Å²) in [5.41, 5.74) is -2.68. The average molecular weight is 660 g/mol. The number of halogens is 5. The molecule has 5 amide bonds. The normalized spacial score (nSPS) is 14.8. The minimum absolute atomic E-state index is 0.00685. The number of anilines is 3. The highest BCUT2D eigenvalue weighted by molar-refractivity contribution is 6.38. The van der Waals surface area contributed by atoms with Crippen LogP contribution in [-0.4, -0.2) is 68.4 Å². The molecular weight excluding hydrogens is 629 g/mol. The Labute approximate surface area is 266 Å². The highest BCUT2D eigenvalue weighted by atomic mass is 19.4. The summed E-state index contributed by atoms with van der Waals surface area (Å²) < 4.78 is 77.3. The summed E-state index contributed by atoms with van der Waals surface area (Å²) in [6, 6.07) is 10.1. The van der Waals surface area contributed by atoms with E-state index in [4.69, 9.17) is 10.1 Å². The van der Waals surface area contributed by atoms with Gasteiger partial charge in [-0.15, -0.1) is 0 Å². The largest absolute Gasteiger partial charge is 0.494 e. The number of rotatable bonds is 9. The maximum Gasteiger partial charge on any atom is 0.416 e. The maximum absolute atomic E-state index is 15.6. The third-order valence-electron chi connectivity index (χ3n) is 6.93. The summed E-state index contributed by atoms with van der Waals surface area (Å²) in [7, 11) is 5.85. The zero-order chi connectivity index (χ0) is 34.6. The molecule has 4 N–H and O–H groups in total. The summed E-state index contributed by atoms with van der Waals surface area (Å²) in [5.74, 6) is -4.80. The van der Waals surface area contributed by atoms with E-state index in [1.54, 1.807) is 19.0 Å². The molecule has 0 aromatic heterocycles. The summed E-state index contributed by atoms with van der Waals surface area (Å²) in [6.45, 7) is -1.20. The molecule has 11 nitrogen and oxygen atoms in total. The van der Waals surface area contributed by atoms with Crippen LogP contribution in [0.3, 0.4) is 0 Å². The number of carbonyl (C=O) groups is 3. The first-order valence-corrected chi connectivity index (χ1v) is 13.8. The van der Waals surface area contributed by atoms with Crippen molar-refractivity contribution in [3.8, 4) is 5.75 Å². The van der Waals surface area contributed by atoms with Gasteiger partial charge < -0.3 is 25.6 Å². The van der Waals surface area contributed by atoms with Gasteiger partial charge in [-0.2, -0.15) is 13.2 Å². The van der Waals surface area contributed by atoms with Crippen LogP contribution in [0, 0.1) is 17.0 Å². The Morgan fingerprint density at radius 2 is 1.57 bits per heavy atom. The van der Waals surface area contributed by atoms with E-state index in [0.717, 1.165) is 25.3 Å². The number of alkyl halides is 3. The molecule has 0 saturated carbocycles. The van der Waals surface area contributed by atoms with Crippen molar-refractivity contribution in [2.45, 2.75) is 12.7 Å². The van der Waals surface area contributed by atoms with E-state index in [1.165, 1.54) is 43.4 Å². The molecule has 248 valence electrons. The van der Waals surface area contributed by atoms with E-state index in [2.05, 4.69) is 16.0 Å². The van der Waals surface area contributed by atoms with Crippen molar-refractivity contribution in [2.24, 2.45) is 0 Å². The molecule has 0 aliphatic carbocycles. The zero-order valence-electron chi connectivity index (χ0n) is 25.6. The van der Waals surface area contributed by atoms with Gasteiger partial charge in [0.15, 0.2) is 11.6 Å². The van der Waals surface area contributed by atoms with Gasteiger partial charge in [-0.3, -0.25) is 15.1 Å². The SMILES string of the molecule is CNC(=O)Nc1ccc(N/C(CN(C)C)=C2\C(=N)N(Cc3c(F)cccc3C(F)(F)F)C(=O)N(c3cccc(OC)c3F)C2=O)cc1. The third-order valence-corrected chi connectivity index (χ3v) is 6.93. The zero-order valence-corrected chi connectivity index (χ0v) is 25.6. The number of urea groups is 2. The fourth-order valence-electron chi connectivity index (χ4n) is 4.76. The van der Waals surface area contributed by atoms with Gasteiger partial charge in [-0.1, -0.05) is 12.1 Å². The molecule has 3 aromatic rings. The van der Waals surface area contributed by atoms with Crippen molar-refractivity contribution in [2.75, 3.05) is 50.3 Å². The van der Waals surface area contributed by atoms with Gasteiger partial charge in [0, 0.05) is 36.2 Å². The highest BCUT2D eigenvalue weighted by Crippen LogP contribution is 2.37. The number of amidine groups is 1. The Morgan fingerprint density at radius 1 is 0.957 bits per heavy atom. The second-order valence-corrected chi connectivity index (χ2v) is 10.4. The predicted molar refractivity (Wildman–Crippen MR) is 164 cm³/mol. The smallest absolute Gasteiger partial charge is 0.416 e. The Bertz CT molecular complexity index is 1740. The molecule has 1 aliphatic rings. The molecule has 3 aromatic carbocycles. The van der Waals surface area contributed by atoms with E-state index in [9.17, 15) is 31.9 Å². The van der Waals surface area contributed by atoms with Gasteiger partial charge in [-0.25, -0.2) is 23.3 Å². The monoisotopic (exact) mass is 659 g/mol. The minimum Gasteiger partial charge on any atom is -0.494 e. The number of ether oxygens (including phenoxy) is 1. The van der Waals surface area contributed by atoms with Crippen LogP contribution in [0.1, 0.15) is 11.1 Å². The average Bonchev–Trinajstić information content (AvgIpc) is 3.00. The summed E-state index contributed by atoms with van der Waals surface area (Å²) in [4.78, 5) is 42.1. The van der Waals surface area contributed by atoms with Crippen LogP contribution in [0.25, 0.3) is 0 Å². The second-order valence-electron chi connectivity index (χ2n) is 10.4. The molecule has 0 atom stereocenters. The van der Waals surface area contributed by atoms with E-state index >= 15 is 4.39 Å². The van der Waals surface area contributed by atoms with Crippen molar-refractivity contribution >= 4 is 40.9 Å².